The average molecular weight is 493 g/mol. The van der Waals surface area contributed by atoms with Gasteiger partial charge in [0.15, 0.2) is 5.78 Å². The highest BCUT2D eigenvalue weighted by Gasteiger charge is 2.28. The molecule has 0 saturated carbocycles. The maximum Gasteiger partial charge on any atom is 0.168 e. The number of likely N-dealkylation sites (tertiary alicyclic amines) is 1. The van der Waals surface area contributed by atoms with E-state index in [2.05, 4.69) is 58.5 Å². The summed E-state index contributed by atoms with van der Waals surface area (Å²) in [6.45, 7) is 3.75. The van der Waals surface area contributed by atoms with E-state index in [-0.39, 0.29) is 17.3 Å². The smallest absolute Gasteiger partial charge is 0.168 e. The predicted molar refractivity (Wildman–Crippen MR) is 140 cm³/mol. The molecule has 34 heavy (non-hydrogen) atoms. The Morgan fingerprint density at radius 3 is 2.50 bits per heavy atom. The van der Waals surface area contributed by atoms with Crippen LogP contribution in [-0.4, -0.2) is 43.1 Å². The normalized spacial score (nSPS) is 16.2. The van der Waals surface area contributed by atoms with Gasteiger partial charge in [0.2, 0.25) is 0 Å². The lowest BCUT2D eigenvalue weighted by atomic mass is 9.88. The zero-order valence-corrected chi connectivity index (χ0v) is 21.0. The molecular formula is C28H29FN2OS2. The summed E-state index contributed by atoms with van der Waals surface area (Å²) < 4.78 is 14.0. The molecule has 1 fully saturated rings. The number of fused-ring (bicyclic) bond motifs is 2. The van der Waals surface area contributed by atoms with Gasteiger partial charge >= 0.3 is 0 Å². The van der Waals surface area contributed by atoms with E-state index in [4.69, 9.17) is 0 Å². The third kappa shape index (κ3) is 4.90. The number of para-hydroxylation sites is 1. The second-order valence-corrected chi connectivity index (χ2v) is 10.8. The average Bonchev–Trinajstić information content (AvgIpc) is 2.88. The van der Waals surface area contributed by atoms with Crippen LogP contribution in [0.25, 0.3) is 0 Å². The van der Waals surface area contributed by atoms with E-state index < -0.39 is 5.82 Å². The van der Waals surface area contributed by atoms with E-state index in [1.807, 2.05) is 11.8 Å². The van der Waals surface area contributed by atoms with Crippen molar-refractivity contribution in [1.29, 1.82) is 0 Å². The molecule has 0 amide bonds. The van der Waals surface area contributed by atoms with Crippen molar-refractivity contribution in [2.24, 2.45) is 5.92 Å². The first-order chi connectivity index (χ1) is 16.6. The summed E-state index contributed by atoms with van der Waals surface area (Å²) in [6, 6.07) is 21.8. The van der Waals surface area contributed by atoms with Gasteiger partial charge in [-0.15, -0.1) is 11.8 Å². The van der Waals surface area contributed by atoms with Crippen molar-refractivity contribution < 1.29 is 9.18 Å². The van der Waals surface area contributed by atoms with Crippen molar-refractivity contribution in [3.8, 4) is 0 Å². The van der Waals surface area contributed by atoms with Crippen LogP contribution in [0.15, 0.2) is 81.4 Å². The van der Waals surface area contributed by atoms with Gasteiger partial charge in [0.05, 0.1) is 16.9 Å². The van der Waals surface area contributed by atoms with E-state index in [1.54, 1.807) is 30.0 Å². The van der Waals surface area contributed by atoms with Gasteiger partial charge in [0, 0.05) is 27.1 Å². The molecule has 0 unspecified atom stereocenters. The molecule has 3 aromatic rings. The first-order valence-corrected chi connectivity index (χ1v) is 13.9. The predicted octanol–water partition coefficient (Wildman–Crippen LogP) is 7.14. The van der Waals surface area contributed by atoms with Gasteiger partial charge in [0.1, 0.15) is 5.82 Å². The molecule has 1 saturated heterocycles. The zero-order chi connectivity index (χ0) is 23.5. The Bertz CT molecular complexity index is 1180. The molecule has 0 atom stereocenters. The van der Waals surface area contributed by atoms with E-state index in [0.29, 0.717) is 0 Å². The zero-order valence-electron chi connectivity index (χ0n) is 19.4. The van der Waals surface area contributed by atoms with Crippen LogP contribution in [0.1, 0.15) is 29.6 Å². The maximum absolute atomic E-state index is 14.0. The Morgan fingerprint density at radius 2 is 1.71 bits per heavy atom. The molecule has 0 aromatic heterocycles. The van der Waals surface area contributed by atoms with Crippen LogP contribution in [-0.2, 0) is 0 Å². The number of hydrogen-bond acceptors (Lipinski definition) is 5. The monoisotopic (exact) mass is 492 g/mol. The van der Waals surface area contributed by atoms with Crippen LogP contribution < -0.4 is 4.90 Å². The lowest BCUT2D eigenvalue weighted by Crippen LogP contribution is -2.38. The molecule has 0 spiro atoms. The van der Waals surface area contributed by atoms with Gasteiger partial charge in [-0.25, -0.2) is 4.39 Å². The minimum Gasteiger partial charge on any atom is -0.340 e. The topological polar surface area (TPSA) is 23.6 Å². The Labute approximate surface area is 209 Å². The van der Waals surface area contributed by atoms with Crippen LogP contribution in [0.5, 0.6) is 0 Å². The summed E-state index contributed by atoms with van der Waals surface area (Å²) in [4.78, 5) is 21.6. The fourth-order valence-electron chi connectivity index (χ4n) is 4.93. The van der Waals surface area contributed by atoms with Crippen molar-refractivity contribution >= 4 is 40.7 Å². The number of halogens is 1. The van der Waals surface area contributed by atoms with E-state index >= 15 is 0 Å². The molecule has 2 aliphatic rings. The molecule has 5 rings (SSSR count). The minimum absolute atomic E-state index is 0.0404. The van der Waals surface area contributed by atoms with Gasteiger partial charge in [-0.05, 0) is 87.6 Å². The third-order valence-electron chi connectivity index (χ3n) is 6.79. The summed E-state index contributed by atoms with van der Waals surface area (Å²) in [7, 11) is 0. The molecule has 0 radical (unpaired) electrons. The first kappa shape index (κ1) is 23.5. The number of hydrogen-bond donors (Lipinski definition) is 0. The number of ketones is 1. The summed E-state index contributed by atoms with van der Waals surface area (Å²) in [5, 5.41) is 0. The number of thioether (sulfide) groups is 1. The van der Waals surface area contributed by atoms with Crippen LogP contribution in [0.3, 0.4) is 0 Å². The molecule has 3 aromatic carbocycles. The quantitative estimate of drug-likeness (QED) is 0.258. The Morgan fingerprint density at radius 1 is 0.971 bits per heavy atom. The standard InChI is InChI=1S/C28H29FN2OS2/c1-33-21-11-12-27-25(19-21)31(24-9-4-5-10-26(24)34-27)16-6-15-30-17-13-20(14-18-30)28(32)22-7-2-3-8-23(22)29/h2-5,7-12,19-20H,6,13-18H2,1H3. The van der Waals surface area contributed by atoms with Gasteiger partial charge in [-0.1, -0.05) is 36.0 Å². The van der Waals surface area contributed by atoms with Crippen LogP contribution in [0.2, 0.25) is 0 Å². The number of nitrogens with zero attached hydrogens (tertiary/aromatic N) is 2. The largest absolute Gasteiger partial charge is 0.340 e. The molecule has 2 aliphatic heterocycles. The van der Waals surface area contributed by atoms with Crippen LogP contribution >= 0.6 is 23.5 Å². The fourth-order valence-corrected chi connectivity index (χ4v) is 6.44. The summed E-state index contributed by atoms with van der Waals surface area (Å²) >= 11 is 3.63. The lowest BCUT2D eigenvalue weighted by Gasteiger charge is -2.35. The van der Waals surface area contributed by atoms with Gasteiger partial charge in [-0.3, -0.25) is 4.79 Å². The van der Waals surface area contributed by atoms with E-state index in [9.17, 15) is 9.18 Å². The maximum atomic E-state index is 14.0. The molecular weight excluding hydrogens is 463 g/mol. The second kappa shape index (κ2) is 10.5. The second-order valence-electron chi connectivity index (χ2n) is 8.87. The fraction of sp³-hybridized carbons (Fsp3) is 0.321. The lowest BCUT2D eigenvalue weighted by molar-refractivity contribution is 0.0835. The highest BCUT2D eigenvalue weighted by molar-refractivity contribution is 8.00. The molecule has 176 valence electrons. The first-order valence-electron chi connectivity index (χ1n) is 11.9. The summed E-state index contributed by atoms with van der Waals surface area (Å²) in [6.07, 6.45) is 4.77. The molecule has 0 N–H and O–H groups in total. The van der Waals surface area contributed by atoms with Crippen molar-refractivity contribution in [2.45, 2.75) is 33.9 Å². The number of carbonyl (C=O) groups excluding carboxylic acids is 1. The number of benzene rings is 3. The summed E-state index contributed by atoms with van der Waals surface area (Å²) in [5.41, 5.74) is 2.82. The Balaban J connectivity index is 1.20. The number of Topliss-reactive ketones (excluding diaryl/α,β-unsaturated/α-hetero) is 1. The molecule has 0 aliphatic carbocycles. The number of piperidine rings is 1. The Hall–Kier alpha value is -2.28. The van der Waals surface area contributed by atoms with E-state index in [0.717, 1.165) is 45.4 Å². The third-order valence-corrected chi connectivity index (χ3v) is 8.64. The van der Waals surface area contributed by atoms with Crippen LogP contribution in [0.4, 0.5) is 15.8 Å². The van der Waals surface area contributed by atoms with E-state index in [1.165, 1.54) is 32.1 Å². The molecule has 2 heterocycles. The highest BCUT2D eigenvalue weighted by atomic mass is 32.2. The van der Waals surface area contributed by atoms with Crippen molar-refractivity contribution in [3.05, 3.63) is 78.1 Å². The molecule has 6 heteroatoms. The number of anilines is 2. The van der Waals surface area contributed by atoms with Crippen molar-refractivity contribution in [2.75, 3.05) is 37.3 Å². The number of rotatable bonds is 7. The van der Waals surface area contributed by atoms with Crippen molar-refractivity contribution in [3.63, 3.8) is 0 Å². The summed E-state index contributed by atoms with van der Waals surface area (Å²) in [5.74, 6) is -0.516. The van der Waals surface area contributed by atoms with Gasteiger partial charge in [0.25, 0.3) is 0 Å². The number of carbonyl (C=O) groups is 1. The van der Waals surface area contributed by atoms with Gasteiger partial charge < -0.3 is 9.80 Å². The molecule has 0 bridgehead atoms. The van der Waals surface area contributed by atoms with Crippen molar-refractivity contribution in [1.82, 2.24) is 4.90 Å². The van der Waals surface area contributed by atoms with Crippen LogP contribution in [0, 0.1) is 11.7 Å². The van der Waals surface area contributed by atoms with Gasteiger partial charge in [-0.2, -0.15) is 0 Å². The SMILES string of the molecule is CSc1ccc2c(c1)N(CCCN1CCC(C(=O)c3ccccc3F)CC1)c1ccccc1S2. The molecule has 3 nitrogen and oxygen atoms in total. The minimum atomic E-state index is -0.403. The Kier molecular flexibility index (Phi) is 7.28. The highest BCUT2D eigenvalue weighted by Crippen LogP contribution is 2.48.